The van der Waals surface area contributed by atoms with Gasteiger partial charge in [-0.2, -0.15) is 5.10 Å². The number of aromatic nitrogens is 1. The average Bonchev–Trinajstić information content (AvgIpc) is 3.11. The Kier molecular flexibility index (Phi) is 6.97. The van der Waals surface area contributed by atoms with E-state index in [9.17, 15) is 0 Å². The number of hydrogen-bond donors (Lipinski definition) is 1. The van der Waals surface area contributed by atoms with Crippen LogP contribution in [0.3, 0.4) is 0 Å². The standard InChI is InChI=1S/C18H17N3O2S.BrH/c1-22-16-9-8-13(10-17(16)23-2)11-19-21-18-20-15(12-24-18)14-6-4-3-5-7-14;/h3-12H,1-2H3,(H,20,21);1H/b19-11-;. The fourth-order valence-corrected chi connectivity index (χ4v) is 2.83. The van der Waals surface area contributed by atoms with Crippen LogP contribution < -0.4 is 14.9 Å². The van der Waals surface area contributed by atoms with Gasteiger partial charge in [-0.05, 0) is 23.8 Å². The molecule has 0 saturated carbocycles. The summed E-state index contributed by atoms with van der Waals surface area (Å²) in [6.07, 6.45) is 1.71. The molecule has 0 spiro atoms. The molecule has 1 N–H and O–H groups in total. The van der Waals surface area contributed by atoms with E-state index in [4.69, 9.17) is 9.47 Å². The number of ether oxygens (including phenoxy) is 2. The maximum atomic E-state index is 5.28. The minimum absolute atomic E-state index is 0. The predicted octanol–water partition coefficient (Wildman–Crippen LogP) is 4.85. The van der Waals surface area contributed by atoms with Crippen molar-refractivity contribution in [3.63, 3.8) is 0 Å². The molecular weight excluding hydrogens is 402 g/mol. The Hall–Kier alpha value is -2.38. The first kappa shape index (κ1) is 19.0. The summed E-state index contributed by atoms with van der Waals surface area (Å²) < 4.78 is 10.5. The van der Waals surface area contributed by atoms with Crippen LogP contribution in [0.5, 0.6) is 11.5 Å². The fourth-order valence-electron chi connectivity index (χ4n) is 2.16. The van der Waals surface area contributed by atoms with E-state index in [2.05, 4.69) is 15.5 Å². The number of thiazole rings is 1. The van der Waals surface area contributed by atoms with E-state index in [1.165, 1.54) is 11.3 Å². The van der Waals surface area contributed by atoms with Gasteiger partial charge in [0.05, 0.1) is 26.1 Å². The number of hydrazone groups is 1. The topological polar surface area (TPSA) is 55.7 Å². The SMILES string of the molecule is Br.COc1ccc(/C=N\Nc2nc(-c3ccccc3)cs2)cc1OC. The van der Waals surface area contributed by atoms with E-state index in [0.717, 1.165) is 22.0 Å². The number of methoxy groups -OCH3 is 2. The van der Waals surface area contributed by atoms with Crippen LogP contribution in [0.2, 0.25) is 0 Å². The van der Waals surface area contributed by atoms with Gasteiger partial charge >= 0.3 is 0 Å². The predicted molar refractivity (Wildman–Crippen MR) is 109 cm³/mol. The molecule has 3 rings (SSSR count). The molecular formula is C18H18BrN3O2S. The molecule has 0 bridgehead atoms. The molecule has 0 aliphatic carbocycles. The van der Waals surface area contributed by atoms with Crippen LogP contribution >= 0.6 is 28.3 Å². The van der Waals surface area contributed by atoms with Crippen LogP contribution in [0.1, 0.15) is 5.56 Å². The third kappa shape index (κ3) is 4.80. The largest absolute Gasteiger partial charge is 0.493 e. The lowest BCUT2D eigenvalue weighted by atomic mass is 10.2. The van der Waals surface area contributed by atoms with Gasteiger partial charge in [0.2, 0.25) is 5.13 Å². The van der Waals surface area contributed by atoms with Crippen LogP contribution in [0.15, 0.2) is 59.0 Å². The molecule has 1 aromatic heterocycles. The van der Waals surface area contributed by atoms with Gasteiger partial charge < -0.3 is 9.47 Å². The van der Waals surface area contributed by atoms with Gasteiger partial charge in [-0.1, -0.05) is 30.3 Å². The van der Waals surface area contributed by atoms with Crippen molar-refractivity contribution < 1.29 is 9.47 Å². The zero-order valence-corrected chi connectivity index (χ0v) is 16.3. The summed E-state index contributed by atoms with van der Waals surface area (Å²) in [5, 5.41) is 6.97. The molecule has 0 saturated heterocycles. The van der Waals surface area contributed by atoms with E-state index in [0.29, 0.717) is 11.5 Å². The molecule has 5 nitrogen and oxygen atoms in total. The van der Waals surface area contributed by atoms with Crippen molar-refractivity contribution in [2.75, 3.05) is 19.6 Å². The zero-order valence-electron chi connectivity index (χ0n) is 13.8. The van der Waals surface area contributed by atoms with Crippen LogP contribution in [-0.2, 0) is 0 Å². The van der Waals surface area contributed by atoms with Crippen molar-refractivity contribution in [2.45, 2.75) is 0 Å². The van der Waals surface area contributed by atoms with Crippen molar-refractivity contribution in [3.05, 3.63) is 59.5 Å². The Balaban J connectivity index is 0.00000225. The first-order valence-corrected chi connectivity index (χ1v) is 8.20. The van der Waals surface area contributed by atoms with Crippen molar-refractivity contribution in [3.8, 4) is 22.8 Å². The number of nitrogens with one attached hydrogen (secondary N) is 1. The average molecular weight is 420 g/mol. The van der Waals surface area contributed by atoms with Gasteiger partial charge in [0.25, 0.3) is 0 Å². The molecule has 0 unspecified atom stereocenters. The minimum Gasteiger partial charge on any atom is -0.493 e. The summed E-state index contributed by atoms with van der Waals surface area (Å²) in [5.41, 5.74) is 5.88. The minimum atomic E-state index is 0. The Morgan fingerprint density at radius 3 is 2.52 bits per heavy atom. The Morgan fingerprint density at radius 1 is 1.04 bits per heavy atom. The fraction of sp³-hybridized carbons (Fsp3) is 0.111. The Labute approximate surface area is 161 Å². The van der Waals surface area contributed by atoms with Crippen molar-refractivity contribution >= 4 is 39.7 Å². The molecule has 0 amide bonds. The molecule has 1 heterocycles. The number of benzene rings is 2. The van der Waals surface area contributed by atoms with E-state index in [-0.39, 0.29) is 17.0 Å². The van der Waals surface area contributed by atoms with Crippen LogP contribution in [0, 0.1) is 0 Å². The molecule has 0 atom stereocenters. The summed E-state index contributed by atoms with van der Waals surface area (Å²) in [5.74, 6) is 1.36. The lowest BCUT2D eigenvalue weighted by Gasteiger charge is -2.07. The highest BCUT2D eigenvalue weighted by atomic mass is 79.9. The second-order valence-electron chi connectivity index (χ2n) is 4.89. The maximum absolute atomic E-state index is 5.28. The first-order valence-electron chi connectivity index (χ1n) is 7.32. The van der Waals surface area contributed by atoms with Crippen molar-refractivity contribution in [1.82, 2.24) is 4.98 Å². The summed E-state index contributed by atoms with van der Waals surface area (Å²) >= 11 is 1.51. The molecule has 0 aliphatic rings. The smallest absolute Gasteiger partial charge is 0.203 e. The van der Waals surface area contributed by atoms with Gasteiger partial charge in [-0.15, -0.1) is 28.3 Å². The molecule has 0 fully saturated rings. The maximum Gasteiger partial charge on any atom is 0.203 e. The third-order valence-electron chi connectivity index (χ3n) is 3.36. The first-order chi connectivity index (χ1) is 11.8. The lowest BCUT2D eigenvalue weighted by Crippen LogP contribution is -1.93. The lowest BCUT2D eigenvalue weighted by molar-refractivity contribution is 0.355. The van der Waals surface area contributed by atoms with Gasteiger partial charge in [-0.25, -0.2) is 4.98 Å². The molecule has 0 radical (unpaired) electrons. The summed E-state index contributed by atoms with van der Waals surface area (Å²) in [6.45, 7) is 0. The number of rotatable bonds is 6. The van der Waals surface area contributed by atoms with E-state index < -0.39 is 0 Å². The van der Waals surface area contributed by atoms with E-state index in [1.54, 1.807) is 20.4 Å². The van der Waals surface area contributed by atoms with Crippen molar-refractivity contribution in [2.24, 2.45) is 5.10 Å². The van der Waals surface area contributed by atoms with Gasteiger partial charge in [0.1, 0.15) is 0 Å². The molecule has 7 heteroatoms. The Morgan fingerprint density at radius 2 is 1.80 bits per heavy atom. The molecule has 0 aliphatic heterocycles. The van der Waals surface area contributed by atoms with Crippen LogP contribution in [-0.4, -0.2) is 25.4 Å². The molecule has 130 valence electrons. The Bertz CT molecular complexity index is 837. The highest BCUT2D eigenvalue weighted by Crippen LogP contribution is 2.27. The summed E-state index contributed by atoms with van der Waals surface area (Å²) in [7, 11) is 3.22. The molecule has 2 aromatic carbocycles. The van der Waals surface area contributed by atoms with Gasteiger partial charge in [0.15, 0.2) is 11.5 Å². The highest BCUT2D eigenvalue weighted by molar-refractivity contribution is 8.93. The summed E-state index contributed by atoms with van der Waals surface area (Å²) in [6, 6.07) is 15.7. The highest BCUT2D eigenvalue weighted by Gasteiger charge is 2.04. The third-order valence-corrected chi connectivity index (χ3v) is 4.10. The quantitative estimate of drug-likeness (QED) is 0.458. The summed E-state index contributed by atoms with van der Waals surface area (Å²) in [4.78, 5) is 4.52. The van der Waals surface area contributed by atoms with Crippen LogP contribution in [0.4, 0.5) is 5.13 Å². The zero-order chi connectivity index (χ0) is 16.8. The number of anilines is 1. The number of nitrogens with zero attached hydrogens (tertiary/aromatic N) is 2. The number of hydrogen-bond acceptors (Lipinski definition) is 6. The molecule has 25 heavy (non-hydrogen) atoms. The van der Waals surface area contributed by atoms with E-state index >= 15 is 0 Å². The second kappa shape index (κ2) is 9.19. The van der Waals surface area contributed by atoms with Gasteiger partial charge in [-0.3, -0.25) is 5.43 Å². The second-order valence-corrected chi connectivity index (χ2v) is 5.75. The van der Waals surface area contributed by atoms with Crippen LogP contribution in [0.25, 0.3) is 11.3 Å². The van der Waals surface area contributed by atoms with Gasteiger partial charge in [0, 0.05) is 10.9 Å². The van der Waals surface area contributed by atoms with Crippen molar-refractivity contribution in [1.29, 1.82) is 0 Å². The number of halogens is 1. The normalized spacial score (nSPS) is 10.3. The van der Waals surface area contributed by atoms with E-state index in [1.807, 2.05) is 53.9 Å². The monoisotopic (exact) mass is 419 g/mol. The molecule has 3 aromatic rings.